The Bertz CT molecular complexity index is 388. The summed E-state index contributed by atoms with van der Waals surface area (Å²) < 4.78 is 0. The zero-order valence-electron chi connectivity index (χ0n) is 8.16. The quantitative estimate of drug-likeness (QED) is 0.827. The summed E-state index contributed by atoms with van der Waals surface area (Å²) in [6.07, 6.45) is 1.52. The minimum Gasteiger partial charge on any atom is -0.395 e. The van der Waals surface area contributed by atoms with Crippen LogP contribution in [-0.4, -0.2) is 17.6 Å². The van der Waals surface area contributed by atoms with Gasteiger partial charge in [0.25, 0.3) is 0 Å². The first-order chi connectivity index (χ1) is 7.16. The van der Waals surface area contributed by atoms with E-state index in [9.17, 15) is 4.79 Å². The van der Waals surface area contributed by atoms with Crippen molar-refractivity contribution in [2.75, 3.05) is 11.9 Å². The van der Waals surface area contributed by atoms with Gasteiger partial charge in [0.05, 0.1) is 12.0 Å². The molecule has 3 nitrogen and oxygen atoms in total. The highest BCUT2D eigenvalue weighted by molar-refractivity contribution is 6.30. The summed E-state index contributed by atoms with van der Waals surface area (Å²) in [7, 11) is 0. The molecular formula is C11H12ClNO2. The van der Waals surface area contributed by atoms with Gasteiger partial charge in [-0.05, 0) is 31.0 Å². The fourth-order valence-electron chi connectivity index (χ4n) is 1.44. The van der Waals surface area contributed by atoms with Crippen LogP contribution in [0.4, 0.5) is 5.69 Å². The standard InChI is InChI=1S/C11H12ClNO2/c12-8-2-1-3-9(6-8)13-10(15)11(7-14)4-5-11/h1-3,6,14H,4-5,7H2,(H,13,15). The zero-order valence-corrected chi connectivity index (χ0v) is 8.92. The van der Waals surface area contributed by atoms with Gasteiger partial charge in [-0.1, -0.05) is 17.7 Å². The number of anilines is 1. The van der Waals surface area contributed by atoms with E-state index in [2.05, 4.69) is 5.32 Å². The van der Waals surface area contributed by atoms with E-state index in [4.69, 9.17) is 16.7 Å². The number of hydrogen-bond acceptors (Lipinski definition) is 2. The van der Waals surface area contributed by atoms with Crippen LogP contribution >= 0.6 is 11.6 Å². The molecular weight excluding hydrogens is 214 g/mol. The van der Waals surface area contributed by atoms with E-state index in [0.29, 0.717) is 10.7 Å². The molecule has 2 rings (SSSR count). The molecule has 0 bridgehead atoms. The number of rotatable bonds is 3. The normalized spacial score (nSPS) is 17.2. The number of carbonyl (C=O) groups is 1. The molecule has 0 spiro atoms. The summed E-state index contributed by atoms with van der Waals surface area (Å²) in [5.41, 5.74) is 0.134. The molecule has 0 saturated heterocycles. The van der Waals surface area contributed by atoms with Crippen LogP contribution in [-0.2, 0) is 4.79 Å². The second kappa shape index (κ2) is 3.83. The Balaban J connectivity index is 2.06. The predicted octanol–water partition coefficient (Wildman–Crippen LogP) is 2.05. The van der Waals surface area contributed by atoms with Crippen molar-refractivity contribution in [2.24, 2.45) is 5.41 Å². The molecule has 0 aliphatic heterocycles. The molecule has 1 aliphatic rings. The lowest BCUT2D eigenvalue weighted by Gasteiger charge is -2.12. The molecule has 1 saturated carbocycles. The van der Waals surface area contributed by atoms with E-state index < -0.39 is 5.41 Å². The van der Waals surface area contributed by atoms with Gasteiger partial charge in [0.15, 0.2) is 0 Å². The van der Waals surface area contributed by atoms with E-state index in [1.54, 1.807) is 24.3 Å². The van der Waals surface area contributed by atoms with Gasteiger partial charge in [0, 0.05) is 10.7 Å². The lowest BCUT2D eigenvalue weighted by Crippen LogP contribution is -2.27. The summed E-state index contributed by atoms with van der Waals surface area (Å²) in [4.78, 5) is 11.7. The van der Waals surface area contributed by atoms with Gasteiger partial charge in [0.2, 0.25) is 5.91 Å². The Morgan fingerprint density at radius 1 is 1.53 bits per heavy atom. The fraction of sp³-hybridized carbons (Fsp3) is 0.364. The van der Waals surface area contributed by atoms with Gasteiger partial charge < -0.3 is 10.4 Å². The first kappa shape index (κ1) is 10.5. The smallest absolute Gasteiger partial charge is 0.232 e. The Morgan fingerprint density at radius 2 is 2.27 bits per heavy atom. The minimum atomic E-state index is -0.539. The van der Waals surface area contributed by atoms with Gasteiger partial charge in [-0.3, -0.25) is 4.79 Å². The number of aliphatic hydroxyl groups excluding tert-OH is 1. The van der Waals surface area contributed by atoms with Crippen molar-refractivity contribution in [2.45, 2.75) is 12.8 Å². The van der Waals surface area contributed by atoms with Gasteiger partial charge >= 0.3 is 0 Å². The van der Waals surface area contributed by atoms with Crippen LogP contribution in [0.1, 0.15) is 12.8 Å². The maximum Gasteiger partial charge on any atom is 0.232 e. The maximum atomic E-state index is 11.7. The van der Waals surface area contributed by atoms with Crippen molar-refractivity contribution in [1.82, 2.24) is 0 Å². The average Bonchev–Trinajstić information content (AvgIpc) is 2.98. The number of hydrogen-bond donors (Lipinski definition) is 2. The average molecular weight is 226 g/mol. The van der Waals surface area contributed by atoms with Crippen LogP contribution in [0.3, 0.4) is 0 Å². The number of nitrogens with one attached hydrogen (secondary N) is 1. The highest BCUT2D eigenvalue weighted by Crippen LogP contribution is 2.45. The van der Waals surface area contributed by atoms with Crippen LogP contribution in [0, 0.1) is 5.41 Å². The third-order valence-corrected chi connectivity index (χ3v) is 2.96. The van der Waals surface area contributed by atoms with E-state index >= 15 is 0 Å². The lowest BCUT2D eigenvalue weighted by atomic mass is 10.1. The van der Waals surface area contributed by atoms with Crippen molar-refractivity contribution in [3.63, 3.8) is 0 Å². The third-order valence-electron chi connectivity index (χ3n) is 2.72. The molecule has 0 aromatic heterocycles. The Kier molecular flexibility index (Phi) is 2.67. The van der Waals surface area contributed by atoms with E-state index in [1.165, 1.54) is 0 Å². The second-order valence-electron chi connectivity index (χ2n) is 3.90. The summed E-state index contributed by atoms with van der Waals surface area (Å²) in [5, 5.41) is 12.4. The van der Waals surface area contributed by atoms with Crippen molar-refractivity contribution in [3.8, 4) is 0 Å². The van der Waals surface area contributed by atoms with Crippen molar-refractivity contribution >= 4 is 23.2 Å². The van der Waals surface area contributed by atoms with Crippen molar-refractivity contribution in [3.05, 3.63) is 29.3 Å². The molecule has 80 valence electrons. The molecule has 0 radical (unpaired) electrons. The summed E-state index contributed by atoms with van der Waals surface area (Å²) in [6, 6.07) is 6.98. The summed E-state index contributed by atoms with van der Waals surface area (Å²) >= 11 is 5.79. The molecule has 0 atom stereocenters. The Hall–Kier alpha value is -1.06. The van der Waals surface area contributed by atoms with E-state index in [1.807, 2.05) is 0 Å². The maximum absolute atomic E-state index is 11.7. The molecule has 0 heterocycles. The van der Waals surface area contributed by atoms with Gasteiger partial charge in [-0.25, -0.2) is 0 Å². The summed E-state index contributed by atoms with van der Waals surface area (Å²) in [5.74, 6) is -0.118. The minimum absolute atomic E-state index is 0.0839. The monoisotopic (exact) mass is 225 g/mol. The van der Waals surface area contributed by atoms with Crippen LogP contribution < -0.4 is 5.32 Å². The number of benzene rings is 1. The zero-order chi connectivity index (χ0) is 10.9. The molecule has 1 fully saturated rings. The molecule has 2 N–H and O–H groups in total. The number of aliphatic hydroxyl groups is 1. The topological polar surface area (TPSA) is 49.3 Å². The van der Waals surface area contributed by atoms with E-state index in [0.717, 1.165) is 12.8 Å². The first-order valence-electron chi connectivity index (χ1n) is 4.84. The molecule has 1 amide bonds. The molecule has 15 heavy (non-hydrogen) atoms. The van der Waals surface area contributed by atoms with Crippen molar-refractivity contribution < 1.29 is 9.90 Å². The molecule has 4 heteroatoms. The lowest BCUT2D eigenvalue weighted by molar-refractivity contribution is -0.122. The van der Waals surface area contributed by atoms with Gasteiger partial charge in [-0.15, -0.1) is 0 Å². The number of amides is 1. The predicted molar refractivity (Wildman–Crippen MR) is 58.8 cm³/mol. The fourth-order valence-corrected chi connectivity index (χ4v) is 1.63. The number of carbonyl (C=O) groups excluding carboxylic acids is 1. The molecule has 1 aromatic carbocycles. The Morgan fingerprint density at radius 3 is 2.80 bits per heavy atom. The largest absolute Gasteiger partial charge is 0.395 e. The first-order valence-corrected chi connectivity index (χ1v) is 5.22. The molecule has 1 aromatic rings. The van der Waals surface area contributed by atoms with Crippen LogP contribution in [0.5, 0.6) is 0 Å². The van der Waals surface area contributed by atoms with Crippen LogP contribution in [0.2, 0.25) is 5.02 Å². The van der Waals surface area contributed by atoms with Crippen molar-refractivity contribution in [1.29, 1.82) is 0 Å². The van der Waals surface area contributed by atoms with E-state index in [-0.39, 0.29) is 12.5 Å². The number of halogens is 1. The molecule has 0 unspecified atom stereocenters. The third kappa shape index (κ3) is 2.13. The second-order valence-corrected chi connectivity index (χ2v) is 4.34. The SMILES string of the molecule is O=C(Nc1cccc(Cl)c1)C1(CO)CC1. The highest BCUT2D eigenvalue weighted by Gasteiger charge is 2.49. The highest BCUT2D eigenvalue weighted by atomic mass is 35.5. The Labute approximate surface area is 93.1 Å². The van der Waals surface area contributed by atoms with Gasteiger partial charge in [-0.2, -0.15) is 0 Å². The van der Waals surface area contributed by atoms with Gasteiger partial charge in [0.1, 0.15) is 0 Å². The molecule has 1 aliphatic carbocycles. The summed E-state index contributed by atoms with van der Waals surface area (Å²) in [6.45, 7) is -0.0839. The van der Waals surface area contributed by atoms with Crippen LogP contribution in [0.25, 0.3) is 0 Å². The van der Waals surface area contributed by atoms with Crippen LogP contribution in [0.15, 0.2) is 24.3 Å².